The summed E-state index contributed by atoms with van der Waals surface area (Å²) in [6.07, 6.45) is 38.2. The van der Waals surface area contributed by atoms with E-state index in [1.54, 1.807) is 12.2 Å². The van der Waals surface area contributed by atoms with E-state index in [4.69, 9.17) is 24.3 Å². The maximum Gasteiger partial charge on any atom is 0.472 e. The van der Waals surface area contributed by atoms with E-state index in [9.17, 15) is 34.1 Å². The molecular formula is C49H88NO11P. The molecule has 0 bridgehead atoms. The van der Waals surface area contributed by atoms with Crippen molar-refractivity contribution in [3.63, 3.8) is 0 Å². The fourth-order valence-electron chi connectivity index (χ4n) is 7.61. The lowest BCUT2D eigenvalue weighted by Crippen LogP contribution is -2.29. The smallest absolute Gasteiger partial charge is 0.462 e. The fraction of sp³-hybridized carbons (Fsp3) is 0.816. The molecule has 0 aromatic heterocycles. The topological polar surface area (TPSA) is 192 Å². The van der Waals surface area contributed by atoms with Gasteiger partial charge in [-0.15, -0.1) is 0 Å². The quantitative estimate of drug-likeness (QED) is 0.0196. The zero-order valence-corrected chi connectivity index (χ0v) is 39.7. The molecule has 0 heterocycles. The van der Waals surface area contributed by atoms with Crippen LogP contribution in [0.2, 0.25) is 0 Å². The maximum absolute atomic E-state index is 12.7. The number of ketones is 1. The van der Waals surface area contributed by atoms with E-state index >= 15 is 0 Å². The predicted octanol–water partition coefficient (Wildman–Crippen LogP) is 11.1. The number of allylic oxidation sites excluding steroid dienone is 4. The van der Waals surface area contributed by atoms with E-state index < -0.39 is 44.7 Å². The standard InChI is InChI=1S/C49H88NO11P/c1-3-5-7-8-9-10-11-12-13-14-15-16-17-18-19-20-21-22-23-24-30-34-49(55)61-43(41-60-62(56,57)59-38-37-50)40-58-48(54)33-29-26-25-28-32-44-45(47(53)39-46(44)52)36-35-42(51)31-27-6-4-2/h12-13,25,28,35-36,42-45,47,51,53H,3-11,14-24,26-27,29-34,37-41,50H2,1-2H3,(H,56,57)/b13-12-,28-25-,36-35+/t42-,43+,44+,45+,47+/m0/s1. The third-order valence-electron chi connectivity index (χ3n) is 11.4. The Balaban J connectivity index is 2.31. The number of esters is 2. The number of phosphoric ester groups is 1. The Bertz CT molecular complexity index is 1270. The van der Waals surface area contributed by atoms with Crippen molar-refractivity contribution in [2.45, 2.75) is 218 Å². The average molecular weight is 898 g/mol. The molecule has 0 spiro atoms. The molecule has 6 atom stereocenters. The SMILES string of the molecule is CCCCCCCC/C=C\CCCCCCCCCCCCCC(=O)O[C@H](COC(=O)CCC/C=C\C[C@H]1C(=O)C[C@@H](O)[C@@H]1/C=C/[C@@H](O)CCCCC)COP(=O)(O)OCCN. The first kappa shape index (κ1) is 57.8. The number of phosphoric acid groups is 1. The van der Waals surface area contributed by atoms with Crippen LogP contribution in [0, 0.1) is 11.8 Å². The number of ether oxygens (including phenoxy) is 2. The molecular weight excluding hydrogens is 810 g/mol. The first-order chi connectivity index (χ1) is 30.0. The van der Waals surface area contributed by atoms with Crippen molar-refractivity contribution in [2.24, 2.45) is 17.6 Å². The van der Waals surface area contributed by atoms with Gasteiger partial charge in [0.05, 0.1) is 25.4 Å². The van der Waals surface area contributed by atoms with Gasteiger partial charge in [-0.1, -0.05) is 159 Å². The summed E-state index contributed by atoms with van der Waals surface area (Å²) in [5.41, 5.74) is 5.35. The molecule has 0 aliphatic heterocycles. The zero-order chi connectivity index (χ0) is 45.5. The molecule has 1 aliphatic carbocycles. The number of nitrogens with two attached hydrogens (primary N) is 1. The number of carbonyl (C=O) groups excluding carboxylic acids is 3. The van der Waals surface area contributed by atoms with Crippen LogP contribution in [0.3, 0.4) is 0 Å². The van der Waals surface area contributed by atoms with Gasteiger partial charge in [-0.25, -0.2) is 4.57 Å². The zero-order valence-electron chi connectivity index (χ0n) is 38.8. The molecule has 360 valence electrons. The lowest BCUT2D eigenvalue weighted by molar-refractivity contribution is -0.161. The Morgan fingerprint density at radius 2 is 1.26 bits per heavy atom. The first-order valence-electron chi connectivity index (χ1n) is 24.6. The van der Waals surface area contributed by atoms with E-state index in [-0.39, 0.29) is 56.6 Å². The predicted molar refractivity (Wildman–Crippen MR) is 248 cm³/mol. The number of carbonyl (C=O) groups is 3. The van der Waals surface area contributed by atoms with E-state index in [0.29, 0.717) is 32.1 Å². The van der Waals surface area contributed by atoms with Gasteiger partial charge in [0, 0.05) is 37.6 Å². The third-order valence-corrected chi connectivity index (χ3v) is 12.4. The number of aliphatic hydroxyl groups is 2. The summed E-state index contributed by atoms with van der Waals surface area (Å²) in [6.45, 7) is 3.34. The number of hydrogen-bond acceptors (Lipinski definition) is 11. The Labute approximate surface area is 375 Å². The van der Waals surface area contributed by atoms with Crippen molar-refractivity contribution < 1.29 is 52.6 Å². The first-order valence-corrected chi connectivity index (χ1v) is 26.1. The second kappa shape index (κ2) is 39.2. The molecule has 1 saturated carbocycles. The molecule has 1 rings (SSSR count). The highest BCUT2D eigenvalue weighted by atomic mass is 31.2. The second-order valence-electron chi connectivity index (χ2n) is 17.1. The molecule has 1 unspecified atom stereocenters. The van der Waals surface area contributed by atoms with Gasteiger partial charge in [-0.2, -0.15) is 0 Å². The summed E-state index contributed by atoms with van der Waals surface area (Å²) in [5.74, 6) is -1.73. The van der Waals surface area contributed by atoms with Gasteiger partial charge in [0.2, 0.25) is 0 Å². The van der Waals surface area contributed by atoms with Crippen LogP contribution in [0.1, 0.15) is 200 Å². The minimum atomic E-state index is -4.45. The van der Waals surface area contributed by atoms with Gasteiger partial charge in [0.25, 0.3) is 0 Å². The Morgan fingerprint density at radius 1 is 0.726 bits per heavy atom. The number of aliphatic hydroxyl groups excluding tert-OH is 2. The summed E-state index contributed by atoms with van der Waals surface area (Å²) in [4.78, 5) is 47.7. The van der Waals surface area contributed by atoms with Crippen molar-refractivity contribution in [1.82, 2.24) is 0 Å². The number of unbranched alkanes of at least 4 members (excludes halogenated alkanes) is 20. The van der Waals surface area contributed by atoms with Crippen molar-refractivity contribution in [2.75, 3.05) is 26.4 Å². The highest BCUT2D eigenvalue weighted by Crippen LogP contribution is 2.43. The molecule has 12 nitrogen and oxygen atoms in total. The van der Waals surface area contributed by atoms with Crippen molar-refractivity contribution in [1.29, 1.82) is 0 Å². The van der Waals surface area contributed by atoms with Gasteiger partial charge >= 0.3 is 19.8 Å². The van der Waals surface area contributed by atoms with Gasteiger partial charge in [0.1, 0.15) is 12.4 Å². The summed E-state index contributed by atoms with van der Waals surface area (Å²) >= 11 is 0. The van der Waals surface area contributed by atoms with E-state index in [0.717, 1.165) is 38.5 Å². The average Bonchev–Trinajstić information content (AvgIpc) is 3.52. The van der Waals surface area contributed by atoms with Crippen molar-refractivity contribution in [3.05, 3.63) is 36.5 Å². The molecule has 0 aromatic carbocycles. The van der Waals surface area contributed by atoms with Crippen molar-refractivity contribution >= 4 is 25.5 Å². The van der Waals surface area contributed by atoms with Crippen LogP contribution < -0.4 is 5.73 Å². The van der Waals surface area contributed by atoms with Crippen LogP contribution in [0.5, 0.6) is 0 Å². The second-order valence-corrected chi connectivity index (χ2v) is 18.6. The van der Waals surface area contributed by atoms with Crippen LogP contribution >= 0.6 is 7.82 Å². The van der Waals surface area contributed by atoms with Crippen LogP contribution in [-0.4, -0.2) is 77.5 Å². The van der Waals surface area contributed by atoms with Gasteiger partial charge in [0.15, 0.2) is 6.10 Å². The Morgan fingerprint density at radius 3 is 1.87 bits per heavy atom. The fourth-order valence-corrected chi connectivity index (χ4v) is 8.38. The molecule has 5 N–H and O–H groups in total. The monoisotopic (exact) mass is 898 g/mol. The van der Waals surface area contributed by atoms with Gasteiger partial charge < -0.3 is 30.3 Å². The van der Waals surface area contributed by atoms with Gasteiger partial charge in [-0.3, -0.25) is 23.4 Å². The number of hydrogen-bond donors (Lipinski definition) is 4. The third kappa shape index (κ3) is 32.5. The van der Waals surface area contributed by atoms with E-state index in [2.05, 4.69) is 26.0 Å². The molecule has 0 saturated heterocycles. The molecule has 0 amide bonds. The molecule has 1 aliphatic rings. The highest BCUT2D eigenvalue weighted by Gasteiger charge is 2.39. The van der Waals surface area contributed by atoms with Crippen LogP contribution in [-0.2, 0) is 37.5 Å². The number of Topliss-reactive ketones (excluding diaryl/α,β-unsaturated/α-hetero) is 1. The number of rotatable bonds is 42. The van der Waals surface area contributed by atoms with E-state index in [1.807, 2.05) is 12.2 Å². The lowest BCUT2D eigenvalue weighted by Gasteiger charge is -2.19. The Kier molecular flexibility index (Phi) is 36.6. The minimum Gasteiger partial charge on any atom is -0.462 e. The molecule has 62 heavy (non-hydrogen) atoms. The summed E-state index contributed by atoms with van der Waals surface area (Å²) in [7, 11) is -4.45. The minimum absolute atomic E-state index is 0.00172. The molecule has 0 radical (unpaired) electrons. The summed E-state index contributed by atoms with van der Waals surface area (Å²) in [6, 6.07) is 0. The summed E-state index contributed by atoms with van der Waals surface area (Å²) in [5, 5.41) is 20.7. The normalized spacial score (nSPS) is 18.9. The highest BCUT2D eigenvalue weighted by molar-refractivity contribution is 7.47. The Hall–Kier alpha value is -2.18. The van der Waals surface area contributed by atoms with Crippen LogP contribution in [0.25, 0.3) is 0 Å². The van der Waals surface area contributed by atoms with Gasteiger partial charge in [-0.05, 0) is 57.8 Å². The summed E-state index contributed by atoms with van der Waals surface area (Å²) < 4.78 is 32.8. The largest absolute Gasteiger partial charge is 0.472 e. The van der Waals surface area contributed by atoms with Crippen LogP contribution in [0.15, 0.2) is 36.5 Å². The lowest BCUT2D eigenvalue weighted by atomic mass is 9.90. The molecule has 13 heteroatoms. The molecule has 1 fully saturated rings. The van der Waals surface area contributed by atoms with E-state index in [1.165, 1.54) is 96.3 Å². The van der Waals surface area contributed by atoms with Crippen LogP contribution in [0.4, 0.5) is 0 Å². The molecule has 0 aromatic rings. The maximum atomic E-state index is 12.7. The van der Waals surface area contributed by atoms with Crippen molar-refractivity contribution in [3.8, 4) is 0 Å².